The first-order chi connectivity index (χ1) is 23.6. The van der Waals surface area contributed by atoms with Crippen LogP contribution in [0.1, 0.15) is 31.9 Å². The lowest BCUT2D eigenvalue weighted by molar-refractivity contribution is 0.445. The number of hydrogen-bond acceptors (Lipinski definition) is 5. The molecule has 2 heterocycles. The summed E-state index contributed by atoms with van der Waals surface area (Å²) in [6.07, 6.45) is 1.74. The topological polar surface area (TPSA) is 58.6 Å². The second-order valence-corrected chi connectivity index (χ2v) is 15.4. The smallest absolute Gasteiger partial charge is 0.143 e. The van der Waals surface area contributed by atoms with Crippen molar-refractivity contribution in [1.29, 1.82) is 0 Å². The number of nitrogens with zero attached hydrogens (tertiary/aromatic N) is 2. The maximum atomic E-state index is 13.9. The third-order valence-corrected chi connectivity index (χ3v) is 10.4. The molecule has 240 valence electrons. The summed E-state index contributed by atoms with van der Waals surface area (Å²) in [4.78, 5) is 10.2. The molecule has 0 spiro atoms. The van der Waals surface area contributed by atoms with E-state index in [2.05, 4.69) is 79.8 Å². The van der Waals surface area contributed by atoms with Gasteiger partial charge in [-0.1, -0.05) is 81.4 Å². The number of aromatic hydroxyl groups is 1. The SMILES string of the molecule is CC(C)(C)c1cc(I)cc(/C=N/c2ccccc2-c2nc3c(-c4cccc5c4oc4ccccc45)cc(-c4ccc(F)cc4)cc3s2)c1O. The maximum absolute atomic E-state index is 13.9. The number of para-hydroxylation sites is 3. The van der Waals surface area contributed by atoms with Gasteiger partial charge < -0.3 is 9.52 Å². The molecule has 0 saturated heterocycles. The fourth-order valence-electron chi connectivity index (χ4n) is 6.31. The van der Waals surface area contributed by atoms with E-state index in [9.17, 15) is 9.50 Å². The Morgan fingerprint density at radius 1 is 0.796 bits per heavy atom. The molecule has 0 aliphatic heterocycles. The van der Waals surface area contributed by atoms with Crippen molar-refractivity contribution < 1.29 is 13.9 Å². The van der Waals surface area contributed by atoms with Crippen LogP contribution in [0.5, 0.6) is 5.75 Å². The number of thiazole rings is 1. The van der Waals surface area contributed by atoms with Gasteiger partial charge in [-0.2, -0.15) is 0 Å². The number of hydrogen-bond donors (Lipinski definition) is 1. The monoisotopic (exact) mass is 772 g/mol. The molecule has 6 aromatic carbocycles. The van der Waals surface area contributed by atoms with Crippen molar-refractivity contribution in [3.63, 3.8) is 0 Å². The van der Waals surface area contributed by atoms with Gasteiger partial charge in [0.05, 0.1) is 15.9 Å². The highest BCUT2D eigenvalue weighted by Crippen LogP contribution is 2.44. The predicted molar refractivity (Wildman–Crippen MR) is 210 cm³/mol. The quantitative estimate of drug-likeness (QED) is 0.140. The average Bonchev–Trinajstić information content (AvgIpc) is 3.70. The molecule has 0 unspecified atom stereocenters. The molecule has 2 aromatic heterocycles. The molecule has 49 heavy (non-hydrogen) atoms. The summed E-state index contributed by atoms with van der Waals surface area (Å²) in [5.41, 5.74) is 9.18. The zero-order chi connectivity index (χ0) is 33.9. The molecular formula is C42H30FIN2O2S. The Morgan fingerprint density at radius 2 is 1.53 bits per heavy atom. The summed E-state index contributed by atoms with van der Waals surface area (Å²) in [6, 6.07) is 37.0. The van der Waals surface area contributed by atoms with Crippen LogP contribution in [-0.4, -0.2) is 16.3 Å². The maximum Gasteiger partial charge on any atom is 0.143 e. The zero-order valence-electron chi connectivity index (χ0n) is 27.0. The third-order valence-electron chi connectivity index (χ3n) is 8.76. The lowest BCUT2D eigenvalue weighted by Crippen LogP contribution is -2.12. The van der Waals surface area contributed by atoms with Gasteiger partial charge in [0.15, 0.2) is 0 Å². The number of phenols is 1. The fourth-order valence-corrected chi connectivity index (χ4v) is 8.03. The number of aliphatic imine (C=N–C) groups is 1. The van der Waals surface area contributed by atoms with E-state index in [4.69, 9.17) is 14.4 Å². The number of benzene rings is 6. The van der Waals surface area contributed by atoms with E-state index < -0.39 is 0 Å². The Balaban J connectivity index is 1.31. The average molecular weight is 773 g/mol. The molecule has 0 aliphatic rings. The second-order valence-electron chi connectivity index (χ2n) is 13.1. The van der Waals surface area contributed by atoms with Crippen LogP contribution in [-0.2, 0) is 5.41 Å². The van der Waals surface area contributed by atoms with E-state index in [0.717, 1.165) is 79.8 Å². The predicted octanol–water partition coefficient (Wildman–Crippen LogP) is 12.7. The molecule has 0 amide bonds. The minimum atomic E-state index is -0.275. The number of fused-ring (bicyclic) bond motifs is 4. The summed E-state index contributed by atoms with van der Waals surface area (Å²) in [6.45, 7) is 6.27. The lowest BCUT2D eigenvalue weighted by Gasteiger charge is -2.21. The molecule has 0 fully saturated rings. The number of rotatable bonds is 5. The highest BCUT2D eigenvalue weighted by molar-refractivity contribution is 14.1. The first kappa shape index (κ1) is 31.4. The van der Waals surface area contributed by atoms with Gasteiger partial charge in [0, 0.05) is 48.4 Å². The van der Waals surface area contributed by atoms with E-state index in [-0.39, 0.29) is 17.0 Å². The van der Waals surface area contributed by atoms with E-state index in [1.165, 1.54) is 12.1 Å². The van der Waals surface area contributed by atoms with Crippen LogP contribution in [0, 0.1) is 9.39 Å². The highest BCUT2D eigenvalue weighted by Gasteiger charge is 2.22. The third kappa shape index (κ3) is 5.81. The van der Waals surface area contributed by atoms with Gasteiger partial charge in [0.2, 0.25) is 0 Å². The first-order valence-corrected chi connectivity index (χ1v) is 17.8. The van der Waals surface area contributed by atoms with Crippen molar-refractivity contribution >= 4 is 78.0 Å². The van der Waals surface area contributed by atoms with Crippen LogP contribution in [0.3, 0.4) is 0 Å². The number of aromatic nitrogens is 1. The molecule has 0 aliphatic carbocycles. The Hall–Kier alpha value is -4.86. The van der Waals surface area contributed by atoms with E-state index in [0.29, 0.717) is 5.56 Å². The van der Waals surface area contributed by atoms with Crippen LogP contribution in [0.2, 0.25) is 0 Å². The normalized spacial score (nSPS) is 12.2. The Kier molecular flexibility index (Phi) is 7.84. The van der Waals surface area contributed by atoms with E-state index in [1.54, 1.807) is 29.7 Å². The number of phenolic OH excluding ortho intramolecular Hbond substituents is 1. The van der Waals surface area contributed by atoms with Crippen LogP contribution in [0.4, 0.5) is 10.1 Å². The van der Waals surface area contributed by atoms with Gasteiger partial charge in [-0.3, -0.25) is 4.99 Å². The molecule has 7 heteroatoms. The van der Waals surface area contributed by atoms with Crippen molar-refractivity contribution in [3.05, 3.63) is 136 Å². The van der Waals surface area contributed by atoms with Crippen LogP contribution in [0.25, 0.3) is 65.0 Å². The Bertz CT molecular complexity index is 2580. The summed E-state index contributed by atoms with van der Waals surface area (Å²) >= 11 is 3.87. The van der Waals surface area contributed by atoms with Crippen LogP contribution >= 0.6 is 33.9 Å². The molecule has 1 N–H and O–H groups in total. The van der Waals surface area contributed by atoms with Crippen LogP contribution < -0.4 is 0 Å². The van der Waals surface area contributed by atoms with Crippen molar-refractivity contribution in [2.75, 3.05) is 0 Å². The Labute approximate surface area is 300 Å². The van der Waals surface area contributed by atoms with Gasteiger partial charge >= 0.3 is 0 Å². The molecule has 0 atom stereocenters. The van der Waals surface area contributed by atoms with Crippen molar-refractivity contribution in [1.82, 2.24) is 4.98 Å². The molecule has 0 radical (unpaired) electrons. The zero-order valence-corrected chi connectivity index (χ0v) is 29.9. The van der Waals surface area contributed by atoms with Gasteiger partial charge in [0.25, 0.3) is 0 Å². The summed E-state index contributed by atoms with van der Waals surface area (Å²) in [5.74, 6) is -0.0330. The molecule has 8 aromatic rings. The fraction of sp³-hybridized carbons (Fsp3) is 0.0952. The van der Waals surface area contributed by atoms with Crippen molar-refractivity contribution in [3.8, 4) is 38.6 Å². The second kappa shape index (κ2) is 12.2. The minimum absolute atomic E-state index is 0.218. The van der Waals surface area contributed by atoms with Crippen molar-refractivity contribution in [2.24, 2.45) is 4.99 Å². The van der Waals surface area contributed by atoms with E-state index >= 15 is 0 Å². The summed E-state index contributed by atoms with van der Waals surface area (Å²) in [5, 5.41) is 14.1. The molecule has 4 nitrogen and oxygen atoms in total. The minimum Gasteiger partial charge on any atom is -0.507 e. The van der Waals surface area contributed by atoms with Crippen LogP contribution in [0.15, 0.2) is 125 Å². The Morgan fingerprint density at radius 3 is 2.35 bits per heavy atom. The molecule has 0 saturated carbocycles. The largest absolute Gasteiger partial charge is 0.507 e. The molecular weight excluding hydrogens is 742 g/mol. The highest BCUT2D eigenvalue weighted by atomic mass is 127. The summed E-state index contributed by atoms with van der Waals surface area (Å²) < 4.78 is 22.4. The van der Waals surface area contributed by atoms with Gasteiger partial charge in [-0.15, -0.1) is 11.3 Å². The van der Waals surface area contributed by atoms with Gasteiger partial charge in [-0.25, -0.2) is 9.37 Å². The van der Waals surface area contributed by atoms with E-state index in [1.807, 2.05) is 54.6 Å². The standard InChI is InChI=1S/C42H30FIN2O2S/c1-42(2,3)34-22-28(44)19-26(39(34)47)23-45-35-13-6-4-10-32(35)41-46-38-33(20-25(21-37(38)49-41)24-15-17-27(43)18-16-24)31-12-8-11-30-29-9-5-7-14-36(29)48-40(30)31/h4-23,47H,1-3H3/b45-23+. The number of halogens is 2. The molecule has 0 bridgehead atoms. The summed E-state index contributed by atoms with van der Waals surface area (Å²) in [7, 11) is 0. The van der Waals surface area contributed by atoms with Gasteiger partial charge in [0.1, 0.15) is 27.7 Å². The van der Waals surface area contributed by atoms with Crippen molar-refractivity contribution in [2.45, 2.75) is 26.2 Å². The first-order valence-electron chi connectivity index (χ1n) is 15.9. The van der Waals surface area contributed by atoms with Gasteiger partial charge in [-0.05, 0) is 93.7 Å². The lowest BCUT2D eigenvalue weighted by atomic mass is 9.85. The number of furan rings is 1. The molecule has 8 rings (SSSR count).